The highest BCUT2D eigenvalue weighted by Gasteiger charge is 2.20. The molecule has 0 aliphatic rings. The topological polar surface area (TPSA) is 112 Å². The zero-order valence-corrected chi connectivity index (χ0v) is 20.4. The minimum Gasteiger partial charge on any atom is -0.496 e. The molecule has 0 unspecified atom stereocenters. The fraction of sp³-hybridized carbons (Fsp3) is 0.192. The first-order valence-corrected chi connectivity index (χ1v) is 10.9. The van der Waals surface area contributed by atoms with Crippen LogP contribution in [0.15, 0.2) is 65.1 Å². The van der Waals surface area contributed by atoms with Crippen LogP contribution in [0.3, 0.4) is 0 Å². The van der Waals surface area contributed by atoms with Crippen molar-refractivity contribution in [2.24, 2.45) is 4.99 Å². The summed E-state index contributed by atoms with van der Waals surface area (Å²) >= 11 is 0. The highest BCUT2D eigenvalue weighted by Crippen LogP contribution is 2.38. The van der Waals surface area contributed by atoms with Crippen LogP contribution in [0.5, 0.6) is 23.0 Å². The Morgan fingerprint density at radius 3 is 2.49 bits per heavy atom. The predicted octanol–water partition coefficient (Wildman–Crippen LogP) is 4.76. The number of pyridine rings is 1. The number of aliphatic imine (C=N–C) groups is 1. The summed E-state index contributed by atoms with van der Waals surface area (Å²) in [4.78, 5) is 20.5. The van der Waals surface area contributed by atoms with Gasteiger partial charge in [-0.25, -0.2) is 8.78 Å². The molecule has 37 heavy (non-hydrogen) atoms. The standard InChI is InChI=1S/C26H25F2N3O6/c1-5-21(34-3)17(14-29-2)26(33)31-15-10-18(27)25(19(28)11-15)37-22-6-7-30-20-13-24(36-9-8-32)23(35-4)12-16(20)22/h5-7,10-14,32H,2,8-9H2,1,3-4H3,(H,31,33)/b17-14+,21-5+. The highest BCUT2D eigenvalue weighted by molar-refractivity contribution is 6.06. The van der Waals surface area contributed by atoms with Crippen LogP contribution in [0.25, 0.3) is 10.9 Å². The Hall–Kier alpha value is -4.51. The lowest BCUT2D eigenvalue weighted by Gasteiger charge is -2.15. The molecule has 0 saturated heterocycles. The number of carbonyl (C=O) groups is 1. The Morgan fingerprint density at radius 1 is 1.16 bits per heavy atom. The summed E-state index contributed by atoms with van der Waals surface area (Å²) in [5, 5.41) is 11.8. The molecule has 2 aromatic carbocycles. The van der Waals surface area contributed by atoms with Crippen molar-refractivity contribution in [3.8, 4) is 23.0 Å². The van der Waals surface area contributed by atoms with Gasteiger partial charge in [0, 0.05) is 41.7 Å². The fourth-order valence-corrected chi connectivity index (χ4v) is 3.39. The normalized spacial score (nSPS) is 11.7. The molecule has 0 bridgehead atoms. The first kappa shape index (κ1) is 27.1. The molecule has 194 valence electrons. The molecule has 11 heteroatoms. The van der Waals surface area contributed by atoms with Gasteiger partial charge in [-0.15, -0.1) is 0 Å². The molecule has 9 nitrogen and oxygen atoms in total. The van der Waals surface area contributed by atoms with E-state index in [-0.39, 0.29) is 36.0 Å². The number of hydrogen-bond acceptors (Lipinski definition) is 8. The van der Waals surface area contributed by atoms with Gasteiger partial charge < -0.3 is 29.4 Å². The Balaban J connectivity index is 1.93. The largest absolute Gasteiger partial charge is 0.496 e. The maximum absolute atomic E-state index is 15.0. The first-order chi connectivity index (χ1) is 17.9. The second-order valence-electron chi connectivity index (χ2n) is 7.31. The van der Waals surface area contributed by atoms with Crippen LogP contribution in [0.1, 0.15) is 6.92 Å². The van der Waals surface area contributed by atoms with Crippen LogP contribution in [-0.2, 0) is 9.53 Å². The summed E-state index contributed by atoms with van der Waals surface area (Å²) < 4.78 is 51.4. The van der Waals surface area contributed by atoms with E-state index in [0.29, 0.717) is 22.4 Å². The van der Waals surface area contributed by atoms with Gasteiger partial charge in [-0.2, -0.15) is 0 Å². The summed E-state index contributed by atoms with van der Waals surface area (Å²) in [7, 11) is 2.79. The number of aliphatic hydroxyl groups excluding tert-OH is 1. The third-order valence-electron chi connectivity index (χ3n) is 5.02. The average molecular weight is 513 g/mol. The van der Waals surface area contributed by atoms with E-state index in [1.165, 1.54) is 38.8 Å². The number of aromatic nitrogens is 1. The molecular weight excluding hydrogens is 488 g/mol. The van der Waals surface area contributed by atoms with Crippen molar-refractivity contribution in [3.05, 3.63) is 71.8 Å². The second kappa shape index (κ2) is 12.5. The number of benzene rings is 2. The van der Waals surface area contributed by atoms with E-state index in [0.717, 1.165) is 12.1 Å². The number of halogens is 2. The van der Waals surface area contributed by atoms with E-state index >= 15 is 0 Å². The fourth-order valence-electron chi connectivity index (χ4n) is 3.39. The molecule has 0 radical (unpaired) electrons. The Morgan fingerprint density at radius 2 is 1.89 bits per heavy atom. The third kappa shape index (κ3) is 6.19. The van der Waals surface area contributed by atoms with E-state index < -0.39 is 23.3 Å². The number of carbonyl (C=O) groups excluding carboxylic acids is 1. The van der Waals surface area contributed by atoms with Crippen LogP contribution in [0.4, 0.5) is 14.5 Å². The molecule has 0 fully saturated rings. The molecule has 1 amide bonds. The zero-order valence-electron chi connectivity index (χ0n) is 20.4. The maximum Gasteiger partial charge on any atom is 0.260 e. The minimum absolute atomic E-state index is 0.0145. The number of nitrogens with zero attached hydrogens (tertiary/aromatic N) is 2. The number of nitrogens with one attached hydrogen (secondary N) is 1. The van der Waals surface area contributed by atoms with Crippen molar-refractivity contribution >= 4 is 29.2 Å². The van der Waals surface area contributed by atoms with Gasteiger partial charge >= 0.3 is 0 Å². The SMILES string of the molecule is C=N/C=C(C(=O)Nc1cc(F)c(Oc2ccnc3cc(OCCO)c(OC)cc23)c(F)c1)\C(=C/C)OC. The van der Waals surface area contributed by atoms with Crippen molar-refractivity contribution in [2.75, 3.05) is 32.8 Å². The summed E-state index contributed by atoms with van der Waals surface area (Å²) in [6.45, 7) is 4.81. The molecule has 3 rings (SSSR count). The van der Waals surface area contributed by atoms with Crippen molar-refractivity contribution in [3.63, 3.8) is 0 Å². The second-order valence-corrected chi connectivity index (χ2v) is 7.31. The number of methoxy groups -OCH3 is 2. The van der Waals surface area contributed by atoms with E-state index in [4.69, 9.17) is 24.1 Å². The van der Waals surface area contributed by atoms with Gasteiger partial charge in [0.15, 0.2) is 28.9 Å². The lowest BCUT2D eigenvalue weighted by Crippen LogP contribution is -2.17. The van der Waals surface area contributed by atoms with E-state index in [1.54, 1.807) is 19.1 Å². The van der Waals surface area contributed by atoms with Crippen LogP contribution in [0.2, 0.25) is 0 Å². The monoisotopic (exact) mass is 513 g/mol. The number of ether oxygens (including phenoxy) is 4. The number of hydrogen-bond donors (Lipinski definition) is 2. The van der Waals surface area contributed by atoms with Gasteiger partial charge in [0.05, 0.1) is 31.9 Å². The number of fused-ring (bicyclic) bond motifs is 1. The zero-order chi connectivity index (χ0) is 26.9. The number of amides is 1. The van der Waals surface area contributed by atoms with Crippen LogP contribution < -0.4 is 19.5 Å². The average Bonchev–Trinajstić information content (AvgIpc) is 2.89. The lowest BCUT2D eigenvalue weighted by molar-refractivity contribution is -0.112. The van der Waals surface area contributed by atoms with Gasteiger partial charge in [-0.05, 0) is 31.9 Å². The molecule has 0 spiro atoms. The number of rotatable bonds is 11. The van der Waals surface area contributed by atoms with Gasteiger partial charge in [-0.3, -0.25) is 14.8 Å². The van der Waals surface area contributed by atoms with Crippen LogP contribution >= 0.6 is 0 Å². The van der Waals surface area contributed by atoms with Crippen LogP contribution in [0, 0.1) is 11.6 Å². The smallest absolute Gasteiger partial charge is 0.260 e. The van der Waals surface area contributed by atoms with Crippen molar-refractivity contribution in [1.29, 1.82) is 0 Å². The van der Waals surface area contributed by atoms with E-state index in [1.807, 2.05) is 0 Å². The number of anilines is 1. The summed E-state index contributed by atoms with van der Waals surface area (Å²) in [5.41, 5.74) is 0.269. The van der Waals surface area contributed by atoms with Gasteiger partial charge in [0.25, 0.3) is 5.91 Å². The molecule has 2 N–H and O–H groups in total. The lowest BCUT2D eigenvalue weighted by atomic mass is 10.1. The third-order valence-corrected chi connectivity index (χ3v) is 5.02. The highest BCUT2D eigenvalue weighted by atomic mass is 19.1. The maximum atomic E-state index is 15.0. The Labute approximate surface area is 211 Å². The predicted molar refractivity (Wildman–Crippen MR) is 134 cm³/mol. The summed E-state index contributed by atoms with van der Waals surface area (Å²) in [6, 6.07) is 6.38. The van der Waals surface area contributed by atoms with Crippen molar-refractivity contribution in [2.45, 2.75) is 6.92 Å². The van der Waals surface area contributed by atoms with Crippen LogP contribution in [-0.4, -0.2) is 50.1 Å². The molecule has 0 aliphatic heterocycles. The van der Waals surface area contributed by atoms with Gasteiger partial charge in [0.2, 0.25) is 0 Å². The minimum atomic E-state index is -1.06. The van der Waals surface area contributed by atoms with E-state index in [2.05, 4.69) is 22.0 Å². The quantitative estimate of drug-likeness (QED) is 0.165. The molecule has 3 aromatic rings. The molecule has 0 aliphatic carbocycles. The number of allylic oxidation sites excluding steroid dienone is 1. The first-order valence-electron chi connectivity index (χ1n) is 10.9. The number of aliphatic hydroxyl groups is 1. The molecule has 1 heterocycles. The van der Waals surface area contributed by atoms with Crippen molar-refractivity contribution < 1.29 is 37.6 Å². The summed E-state index contributed by atoms with van der Waals surface area (Å²) in [6.07, 6.45) is 4.10. The molecule has 0 atom stereocenters. The van der Waals surface area contributed by atoms with Gasteiger partial charge in [0.1, 0.15) is 18.1 Å². The Kier molecular flexibility index (Phi) is 9.11. The van der Waals surface area contributed by atoms with Crippen molar-refractivity contribution in [1.82, 2.24) is 4.98 Å². The van der Waals surface area contributed by atoms with E-state index in [9.17, 15) is 13.6 Å². The Bertz CT molecular complexity index is 1350. The molecular formula is C26H25F2N3O6. The summed E-state index contributed by atoms with van der Waals surface area (Å²) in [5.74, 6) is -2.54. The van der Waals surface area contributed by atoms with Gasteiger partial charge in [-0.1, -0.05) is 0 Å². The molecule has 1 aromatic heterocycles. The molecule has 0 saturated carbocycles.